The van der Waals surface area contributed by atoms with Crippen LogP contribution in [0.2, 0.25) is 0 Å². The Morgan fingerprint density at radius 1 is 1.36 bits per heavy atom. The molecule has 2 rings (SSSR count). The zero-order valence-corrected chi connectivity index (χ0v) is 13.8. The molecular formula is C13H16BrN5O3. The second-order valence-corrected chi connectivity index (χ2v) is 5.66. The Morgan fingerprint density at radius 3 is 2.68 bits per heavy atom. The van der Waals surface area contributed by atoms with Crippen molar-refractivity contribution in [2.45, 2.75) is 19.9 Å². The number of hydrogen-bond donors (Lipinski definition) is 2. The number of aryl methyl sites for hydroxylation is 3. The maximum Gasteiger partial charge on any atom is 0.339 e. The number of amides is 1. The fourth-order valence-electron chi connectivity index (χ4n) is 1.95. The van der Waals surface area contributed by atoms with Crippen LogP contribution >= 0.6 is 15.9 Å². The predicted octanol–water partition coefficient (Wildman–Crippen LogP) is 1.21. The first-order valence-electron chi connectivity index (χ1n) is 6.63. The number of halogens is 1. The van der Waals surface area contributed by atoms with Crippen molar-refractivity contribution in [3.05, 3.63) is 33.8 Å². The molecule has 0 bridgehead atoms. The summed E-state index contributed by atoms with van der Waals surface area (Å²) >= 11 is 3.38. The second-order valence-electron chi connectivity index (χ2n) is 4.81. The summed E-state index contributed by atoms with van der Waals surface area (Å²) in [5, 5.41) is 19.9. The van der Waals surface area contributed by atoms with E-state index in [4.69, 9.17) is 5.11 Å². The van der Waals surface area contributed by atoms with E-state index in [1.807, 2.05) is 13.1 Å². The van der Waals surface area contributed by atoms with Gasteiger partial charge in [-0.25, -0.2) is 4.79 Å². The van der Waals surface area contributed by atoms with Crippen molar-refractivity contribution in [3.8, 4) is 0 Å². The SMILES string of the molecule is Cc1nn(CCCNC(=O)c2nn(C)cc2C(=O)O)cc1Br. The van der Waals surface area contributed by atoms with Gasteiger partial charge in [0.15, 0.2) is 5.69 Å². The van der Waals surface area contributed by atoms with Gasteiger partial charge in [-0.15, -0.1) is 0 Å². The smallest absolute Gasteiger partial charge is 0.339 e. The third-order valence-corrected chi connectivity index (χ3v) is 3.79. The lowest BCUT2D eigenvalue weighted by atomic mass is 10.2. The molecule has 2 N–H and O–H groups in total. The number of carboxylic acid groups (broad SMARTS) is 1. The van der Waals surface area contributed by atoms with Crippen molar-refractivity contribution < 1.29 is 14.7 Å². The number of nitrogens with zero attached hydrogens (tertiary/aromatic N) is 4. The monoisotopic (exact) mass is 369 g/mol. The summed E-state index contributed by atoms with van der Waals surface area (Å²) in [6, 6.07) is 0. The summed E-state index contributed by atoms with van der Waals surface area (Å²) < 4.78 is 4.04. The van der Waals surface area contributed by atoms with Crippen LogP contribution in [0, 0.1) is 6.92 Å². The molecule has 0 aliphatic carbocycles. The van der Waals surface area contributed by atoms with Gasteiger partial charge in [-0.05, 0) is 29.3 Å². The zero-order valence-electron chi connectivity index (χ0n) is 12.2. The van der Waals surface area contributed by atoms with Gasteiger partial charge >= 0.3 is 5.97 Å². The summed E-state index contributed by atoms with van der Waals surface area (Å²) in [7, 11) is 1.57. The summed E-state index contributed by atoms with van der Waals surface area (Å²) in [6.07, 6.45) is 3.86. The number of carboxylic acids is 1. The van der Waals surface area contributed by atoms with Crippen molar-refractivity contribution in [1.82, 2.24) is 24.9 Å². The maximum atomic E-state index is 12.0. The molecule has 1 amide bonds. The Balaban J connectivity index is 1.87. The van der Waals surface area contributed by atoms with Crippen LogP contribution < -0.4 is 5.32 Å². The molecule has 0 aliphatic rings. The molecule has 0 unspecified atom stereocenters. The topological polar surface area (TPSA) is 102 Å². The van der Waals surface area contributed by atoms with Gasteiger partial charge in [0.2, 0.25) is 0 Å². The minimum atomic E-state index is -1.17. The Morgan fingerprint density at radius 2 is 2.09 bits per heavy atom. The van der Waals surface area contributed by atoms with Crippen LogP contribution in [0.4, 0.5) is 0 Å². The van der Waals surface area contributed by atoms with Crippen LogP contribution in [0.15, 0.2) is 16.9 Å². The van der Waals surface area contributed by atoms with Crippen LogP contribution in [-0.4, -0.2) is 43.1 Å². The van der Waals surface area contributed by atoms with Gasteiger partial charge in [0.1, 0.15) is 5.56 Å². The molecule has 8 nitrogen and oxygen atoms in total. The second kappa shape index (κ2) is 6.73. The largest absolute Gasteiger partial charge is 0.478 e. The van der Waals surface area contributed by atoms with E-state index in [2.05, 4.69) is 31.4 Å². The molecule has 2 heterocycles. The third kappa shape index (κ3) is 3.73. The third-order valence-electron chi connectivity index (χ3n) is 3.01. The molecule has 0 fully saturated rings. The Labute approximate surface area is 135 Å². The summed E-state index contributed by atoms with van der Waals surface area (Å²) in [6.45, 7) is 2.96. The van der Waals surface area contributed by atoms with E-state index in [-0.39, 0.29) is 11.3 Å². The first-order chi connectivity index (χ1) is 10.4. The Kier molecular flexibility index (Phi) is 4.96. The fraction of sp³-hybridized carbons (Fsp3) is 0.385. The number of carbonyl (C=O) groups is 2. The average Bonchev–Trinajstić information content (AvgIpc) is 2.98. The fourth-order valence-corrected chi connectivity index (χ4v) is 2.26. The van der Waals surface area contributed by atoms with Gasteiger partial charge < -0.3 is 10.4 Å². The Hall–Kier alpha value is -2.16. The standard InChI is InChI=1S/C13H16BrN5O3/c1-8-10(14)7-19(16-8)5-3-4-15-12(20)11-9(13(21)22)6-18(2)17-11/h6-7H,3-5H2,1-2H3,(H,15,20)(H,21,22). The molecule has 0 radical (unpaired) electrons. The highest BCUT2D eigenvalue weighted by molar-refractivity contribution is 9.10. The van der Waals surface area contributed by atoms with Crippen LogP contribution in [0.5, 0.6) is 0 Å². The first kappa shape index (κ1) is 16.2. The van der Waals surface area contributed by atoms with Gasteiger partial charge in [0, 0.05) is 32.5 Å². The highest BCUT2D eigenvalue weighted by Crippen LogP contribution is 2.13. The van der Waals surface area contributed by atoms with Crippen LogP contribution in [0.25, 0.3) is 0 Å². The van der Waals surface area contributed by atoms with E-state index >= 15 is 0 Å². The van der Waals surface area contributed by atoms with Gasteiger partial charge in [-0.2, -0.15) is 10.2 Å². The van der Waals surface area contributed by atoms with Gasteiger partial charge in [0.05, 0.1) is 10.2 Å². The molecule has 0 atom stereocenters. The number of aromatic carboxylic acids is 1. The molecule has 0 saturated carbocycles. The highest BCUT2D eigenvalue weighted by Gasteiger charge is 2.20. The van der Waals surface area contributed by atoms with E-state index in [9.17, 15) is 9.59 Å². The van der Waals surface area contributed by atoms with Gasteiger partial charge in [-0.1, -0.05) is 0 Å². The molecule has 0 aliphatic heterocycles. The van der Waals surface area contributed by atoms with E-state index < -0.39 is 11.9 Å². The Bertz CT molecular complexity index is 687. The van der Waals surface area contributed by atoms with Crippen molar-refractivity contribution in [3.63, 3.8) is 0 Å². The quantitative estimate of drug-likeness (QED) is 0.745. The number of carbonyl (C=O) groups excluding carboxylic acids is 1. The van der Waals surface area contributed by atoms with E-state index in [1.165, 1.54) is 10.9 Å². The van der Waals surface area contributed by atoms with Crippen molar-refractivity contribution in [2.24, 2.45) is 7.05 Å². The van der Waals surface area contributed by atoms with Crippen LogP contribution in [-0.2, 0) is 13.6 Å². The van der Waals surface area contributed by atoms with Crippen molar-refractivity contribution in [1.29, 1.82) is 0 Å². The molecule has 2 aromatic rings. The average molecular weight is 370 g/mol. The lowest BCUT2D eigenvalue weighted by molar-refractivity contribution is 0.0691. The lowest BCUT2D eigenvalue weighted by Gasteiger charge is -2.04. The molecule has 22 heavy (non-hydrogen) atoms. The predicted molar refractivity (Wildman–Crippen MR) is 81.8 cm³/mol. The van der Waals surface area contributed by atoms with Crippen molar-refractivity contribution in [2.75, 3.05) is 6.54 Å². The number of aromatic nitrogens is 4. The molecule has 0 saturated heterocycles. The van der Waals surface area contributed by atoms with E-state index in [1.54, 1.807) is 11.7 Å². The van der Waals surface area contributed by atoms with Gasteiger partial charge in [0.25, 0.3) is 5.91 Å². The van der Waals surface area contributed by atoms with Gasteiger partial charge in [-0.3, -0.25) is 14.2 Å². The van der Waals surface area contributed by atoms with E-state index in [0.29, 0.717) is 19.5 Å². The molecule has 0 spiro atoms. The number of hydrogen-bond acceptors (Lipinski definition) is 4. The molecule has 9 heteroatoms. The summed E-state index contributed by atoms with van der Waals surface area (Å²) in [5.74, 6) is -1.66. The van der Waals surface area contributed by atoms with Crippen LogP contribution in [0.1, 0.15) is 33.0 Å². The molecule has 2 aromatic heterocycles. The lowest BCUT2D eigenvalue weighted by Crippen LogP contribution is -2.27. The molecule has 0 aromatic carbocycles. The summed E-state index contributed by atoms with van der Waals surface area (Å²) in [4.78, 5) is 23.0. The minimum absolute atomic E-state index is 0.0762. The number of rotatable bonds is 6. The first-order valence-corrected chi connectivity index (χ1v) is 7.42. The maximum absolute atomic E-state index is 12.0. The number of nitrogens with one attached hydrogen (secondary N) is 1. The van der Waals surface area contributed by atoms with E-state index in [0.717, 1.165) is 10.2 Å². The zero-order chi connectivity index (χ0) is 16.3. The highest BCUT2D eigenvalue weighted by atomic mass is 79.9. The summed E-state index contributed by atoms with van der Waals surface area (Å²) in [5.41, 5.74) is 0.725. The van der Waals surface area contributed by atoms with Crippen molar-refractivity contribution >= 4 is 27.8 Å². The molecule has 118 valence electrons. The minimum Gasteiger partial charge on any atom is -0.478 e. The molecular weight excluding hydrogens is 354 g/mol. The normalized spacial score (nSPS) is 10.7. The van der Waals surface area contributed by atoms with Crippen LogP contribution in [0.3, 0.4) is 0 Å².